The zero-order chi connectivity index (χ0) is 15.1. The molecule has 0 heterocycles. The first-order valence-corrected chi connectivity index (χ1v) is 8.83. The van der Waals surface area contributed by atoms with Crippen molar-refractivity contribution in [3.63, 3.8) is 0 Å². The van der Waals surface area contributed by atoms with Crippen LogP contribution in [0.25, 0.3) is 0 Å². The van der Waals surface area contributed by atoms with Crippen LogP contribution >= 0.6 is 0 Å². The maximum Gasteiger partial charge on any atom is 0.0325 e. The molecule has 1 unspecified atom stereocenters. The Bertz CT molecular complexity index is 384. The molecule has 1 aliphatic rings. The van der Waals surface area contributed by atoms with Gasteiger partial charge in [0.15, 0.2) is 0 Å². The van der Waals surface area contributed by atoms with E-state index >= 15 is 0 Å². The van der Waals surface area contributed by atoms with Gasteiger partial charge >= 0.3 is 0 Å². The lowest BCUT2D eigenvalue weighted by atomic mass is 9.84. The molecule has 1 nitrogen and oxygen atoms in total. The molecule has 0 saturated heterocycles. The molecule has 1 aromatic carbocycles. The summed E-state index contributed by atoms with van der Waals surface area (Å²) in [6, 6.07) is 11.5. The molecule has 1 fully saturated rings. The van der Waals surface area contributed by atoms with E-state index in [1.807, 2.05) is 0 Å². The van der Waals surface area contributed by atoms with Crippen LogP contribution in [-0.4, -0.2) is 6.54 Å². The van der Waals surface area contributed by atoms with E-state index in [0.29, 0.717) is 11.5 Å². The van der Waals surface area contributed by atoms with E-state index < -0.39 is 0 Å². The van der Waals surface area contributed by atoms with Crippen molar-refractivity contribution in [2.45, 2.75) is 71.8 Å². The van der Waals surface area contributed by atoms with Gasteiger partial charge in [0.05, 0.1) is 0 Å². The Hall–Kier alpha value is -0.820. The van der Waals surface area contributed by atoms with Gasteiger partial charge in [0.1, 0.15) is 0 Å². The third-order valence-electron chi connectivity index (χ3n) is 4.69. The van der Waals surface area contributed by atoms with E-state index in [-0.39, 0.29) is 0 Å². The fourth-order valence-electron chi connectivity index (χ4n) is 3.54. The van der Waals surface area contributed by atoms with Gasteiger partial charge < -0.3 is 5.32 Å². The molecular formula is C20H33N. The summed E-state index contributed by atoms with van der Waals surface area (Å²) >= 11 is 0. The second kappa shape index (κ2) is 7.98. The van der Waals surface area contributed by atoms with Crippen molar-refractivity contribution in [3.05, 3.63) is 35.9 Å². The van der Waals surface area contributed by atoms with Gasteiger partial charge in [-0.15, -0.1) is 0 Å². The van der Waals surface area contributed by atoms with Crippen LogP contribution in [0.4, 0.5) is 0 Å². The molecule has 1 atom stereocenters. The molecule has 118 valence electrons. The first-order chi connectivity index (χ1) is 10.0. The Morgan fingerprint density at radius 1 is 1.05 bits per heavy atom. The fraction of sp³-hybridized carbons (Fsp3) is 0.700. The average molecular weight is 287 g/mol. The van der Waals surface area contributed by atoms with Crippen molar-refractivity contribution < 1.29 is 0 Å². The predicted molar refractivity (Wildman–Crippen MR) is 92.4 cm³/mol. The largest absolute Gasteiger partial charge is 0.310 e. The maximum atomic E-state index is 3.84. The summed E-state index contributed by atoms with van der Waals surface area (Å²) in [6.07, 6.45) is 9.83. The van der Waals surface area contributed by atoms with Crippen molar-refractivity contribution in [2.75, 3.05) is 6.54 Å². The van der Waals surface area contributed by atoms with Crippen LogP contribution in [0.5, 0.6) is 0 Å². The summed E-state index contributed by atoms with van der Waals surface area (Å²) in [5.41, 5.74) is 1.80. The zero-order valence-corrected chi connectivity index (χ0v) is 14.2. The lowest BCUT2D eigenvalue weighted by Crippen LogP contribution is -2.28. The van der Waals surface area contributed by atoms with Gasteiger partial charge in [0, 0.05) is 6.04 Å². The topological polar surface area (TPSA) is 12.0 Å². The third-order valence-corrected chi connectivity index (χ3v) is 4.69. The maximum absolute atomic E-state index is 3.84. The van der Waals surface area contributed by atoms with Crippen LogP contribution in [0.1, 0.15) is 77.3 Å². The molecule has 0 spiro atoms. The van der Waals surface area contributed by atoms with Gasteiger partial charge in [0.2, 0.25) is 0 Å². The second-order valence-electron chi connectivity index (χ2n) is 7.97. The summed E-state index contributed by atoms with van der Waals surface area (Å²) in [7, 11) is 0. The highest BCUT2D eigenvalue weighted by Gasteiger charge is 2.20. The van der Waals surface area contributed by atoms with Crippen LogP contribution < -0.4 is 5.32 Å². The minimum atomic E-state index is 0.359. The number of hydrogen-bond donors (Lipinski definition) is 1. The molecule has 0 aliphatic heterocycles. The standard InChI is InChI=1S/C20H33N/c1-20(2,3)16-19(18-12-8-5-9-13-18)21-15-14-17-10-6-4-7-11-17/h5,8-9,12-13,17,19,21H,4,6-7,10-11,14-16H2,1-3H3. The van der Waals surface area contributed by atoms with Gasteiger partial charge in [-0.25, -0.2) is 0 Å². The Morgan fingerprint density at radius 3 is 2.33 bits per heavy atom. The normalized spacial score (nSPS) is 18.6. The SMILES string of the molecule is CC(C)(C)CC(NCCC1CCCCC1)c1ccccc1. The van der Waals surface area contributed by atoms with Crippen LogP contribution in [0.15, 0.2) is 30.3 Å². The van der Waals surface area contributed by atoms with Crippen LogP contribution in [0, 0.1) is 11.3 Å². The minimum absolute atomic E-state index is 0.359. The summed E-state index contributed by atoms with van der Waals surface area (Å²) in [5, 5.41) is 3.84. The minimum Gasteiger partial charge on any atom is -0.310 e. The molecule has 21 heavy (non-hydrogen) atoms. The van der Waals surface area contributed by atoms with Gasteiger partial charge in [0.25, 0.3) is 0 Å². The van der Waals surface area contributed by atoms with Crippen LogP contribution in [0.3, 0.4) is 0 Å². The number of benzene rings is 1. The molecular weight excluding hydrogens is 254 g/mol. The number of nitrogens with one attached hydrogen (secondary N) is 1. The smallest absolute Gasteiger partial charge is 0.0325 e. The van der Waals surface area contributed by atoms with E-state index in [9.17, 15) is 0 Å². The molecule has 0 aromatic heterocycles. The van der Waals surface area contributed by atoms with Crippen molar-refractivity contribution >= 4 is 0 Å². The van der Waals surface area contributed by atoms with E-state index in [1.165, 1.54) is 57.1 Å². The third kappa shape index (κ3) is 6.22. The molecule has 1 aliphatic carbocycles. The molecule has 1 N–H and O–H groups in total. The zero-order valence-electron chi connectivity index (χ0n) is 14.2. The lowest BCUT2D eigenvalue weighted by Gasteiger charge is -2.28. The lowest BCUT2D eigenvalue weighted by molar-refractivity contribution is 0.291. The molecule has 1 aromatic rings. The average Bonchev–Trinajstić information content (AvgIpc) is 2.47. The van der Waals surface area contributed by atoms with Crippen molar-refractivity contribution in [1.82, 2.24) is 5.32 Å². The fourth-order valence-corrected chi connectivity index (χ4v) is 3.54. The number of rotatable bonds is 6. The van der Waals surface area contributed by atoms with Crippen LogP contribution in [-0.2, 0) is 0 Å². The Morgan fingerprint density at radius 2 is 1.71 bits per heavy atom. The summed E-state index contributed by atoms with van der Waals surface area (Å²) < 4.78 is 0. The Balaban J connectivity index is 1.86. The summed E-state index contributed by atoms with van der Waals surface area (Å²) in [4.78, 5) is 0. The van der Waals surface area contributed by atoms with Gasteiger partial charge in [-0.2, -0.15) is 0 Å². The van der Waals surface area contributed by atoms with Gasteiger partial charge in [-0.05, 0) is 36.3 Å². The molecule has 2 rings (SSSR count). The molecule has 0 radical (unpaired) electrons. The van der Waals surface area contributed by atoms with Gasteiger partial charge in [-0.3, -0.25) is 0 Å². The second-order valence-corrected chi connectivity index (χ2v) is 7.97. The monoisotopic (exact) mass is 287 g/mol. The quantitative estimate of drug-likeness (QED) is 0.705. The first kappa shape index (κ1) is 16.5. The highest BCUT2D eigenvalue weighted by molar-refractivity contribution is 5.19. The highest BCUT2D eigenvalue weighted by atomic mass is 14.9. The van der Waals surface area contributed by atoms with E-state index in [2.05, 4.69) is 56.4 Å². The highest BCUT2D eigenvalue weighted by Crippen LogP contribution is 2.30. The van der Waals surface area contributed by atoms with Crippen molar-refractivity contribution in [2.24, 2.45) is 11.3 Å². The van der Waals surface area contributed by atoms with Crippen LogP contribution in [0.2, 0.25) is 0 Å². The summed E-state index contributed by atoms with van der Waals surface area (Å²) in [6.45, 7) is 8.18. The first-order valence-electron chi connectivity index (χ1n) is 8.83. The number of hydrogen-bond acceptors (Lipinski definition) is 1. The predicted octanol–water partition coefficient (Wildman–Crippen LogP) is 5.72. The Labute approximate surface area is 131 Å². The Kier molecular flexibility index (Phi) is 6.29. The van der Waals surface area contributed by atoms with E-state index in [0.717, 1.165) is 5.92 Å². The van der Waals surface area contributed by atoms with Crippen molar-refractivity contribution in [1.29, 1.82) is 0 Å². The van der Waals surface area contributed by atoms with E-state index in [4.69, 9.17) is 0 Å². The molecule has 0 bridgehead atoms. The van der Waals surface area contributed by atoms with E-state index in [1.54, 1.807) is 0 Å². The summed E-state index contributed by atoms with van der Waals surface area (Å²) in [5.74, 6) is 0.970. The molecule has 1 saturated carbocycles. The van der Waals surface area contributed by atoms with Crippen molar-refractivity contribution in [3.8, 4) is 0 Å². The molecule has 1 heteroatoms. The van der Waals surface area contributed by atoms with Gasteiger partial charge in [-0.1, -0.05) is 83.2 Å². The molecule has 0 amide bonds.